The van der Waals surface area contributed by atoms with Gasteiger partial charge in [-0.1, -0.05) is 30.3 Å². The summed E-state index contributed by atoms with van der Waals surface area (Å²) in [5.41, 5.74) is 0.164. The minimum Gasteiger partial charge on any atom is -0.744 e. The second-order valence-electron chi connectivity index (χ2n) is 5.00. The first-order valence-electron chi connectivity index (χ1n) is 6.21. The Bertz CT molecular complexity index is 882. The summed E-state index contributed by atoms with van der Waals surface area (Å²) in [6, 6.07) is 5.88. The number of allylic oxidation sites excluding steroid dienone is 2. The molecule has 0 amide bonds. The molecule has 0 aromatic heterocycles. The molecule has 2 atom stereocenters. The summed E-state index contributed by atoms with van der Waals surface area (Å²) >= 11 is 0. The molecule has 0 bridgehead atoms. The van der Waals surface area contributed by atoms with Crippen LogP contribution in [0, 0.1) is 11.8 Å². The molecule has 0 spiro atoms. The van der Waals surface area contributed by atoms with Crippen LogP contribution in [-0.2, 0) is 10.1 Å². The van der Waals surface area contributed by atoms with E-state index < -0.39 is 49.9 Å². The number of carbonyl (C=O) groups is 2. The number of aliphatic hydroxyl groups is 2. The van der Waals surface area contributed by atoms with Crippen LogP contribution in [0.2, 0.25) is 0 Å². The van der Waals surface area contributed by atoms with E-state index in [0.717, 1.165) is 6.08 Å². The maximum Gasteiger partial charge on any atom is 1.00 e. The molecule has 3 rings (SSSR count). The monoisotopic (exact) mass is 344 g/mol. The Morgan fingerprint density at radius 1 is 1.00 bits per heavy atom. The maximum absolute atomic E-state index is 12.4. The summed E-state index contributed by atoms with van der Waals surface area (Å²) in [5, 5.41) is 19.6. The average Bonchev–Trinajstić information content (AvgIpc) is 2.46. The fourth-order valence-corrected chi connectivity index (χ4v) is 3.41. The molecule has 1 aromatic rings. The first kappa shape index (κ1) is 17.9. The number of hydrogen-bond donors (Lipinski definition) is 2. The average molecular weight is 344 g/mol. The van der Waals surface area contributed by atoms with Gasteiger partial charge < -0.3 is 14.8 Å². The Kier molecular flexibility index (Phi) is 4.57. The molecule has 2 aliphatic carbocycles. The number of rotatable bonds is 1. The van der Waals surface area contributed by atoms with E-state index in [-0.39, 0.29) is 40.7 Å². The Hall–Kier alpha value is -1.45. The van der Waals surface area contributed by atoms with Crippen molar-refractivity contribution in [1.82, 2.24) is 0 Å². The molecule has 0 saturated heterocycles. The number of carbonyl (C=O) groups excluding carboxylic acids is 2. The van der Waals surface area contributed by atoms with Crippen LogP contribution >= 0.6 is 0 Å². The Morgan fingerprint density at radius 3 is 2.04 bits per heavy atom. The van der Waals surface area contributed by atoms with Crippen molar-refractivity contribution in [3.8, 4) is 0 Å². The van der Waals surface area contributed by atoms with Crippen molar-refractivity contribution in [2.75, 3.05) is 0 Å². The molecule has 23 heavy (non-hydrogen) atoms. The predicted molar refractivity (Wildman–Crippen MR) is 72.1 cm³/mol. The third-order valence-electron chi connectivity index (χ3n) is 3.77. The SMILES string of the molecule is O=C1c2ccccc2C(=O)C2C(O)=C(O)C(S(=O)(=O)[O-])=CC12.[Na+]. The van der Waals surface area contributed by atoms with Gasteiger partial charge in [-0.25, -0.2) is 8.42 Å². The second-order valence-corrected chi connectivity index (χ2v) is 6.34. The topological polar surface area (TPSA) is 132 Å². The third-order valence-corrected chi connectivity index (χ3v) is 4.64. The van der Waals surface area contributed by atoms with Crippen molar-refractivity contribution in [3.63, 3.8) is 0 Å². The van der Waals surface area contributed by atoms with Crippen LogP contribution in [0.15, 0.2) is 46.8 Å². The van der Waals surface area contributed by atoms with E-state index in [1.165, 1.54) is 24.3 Å². The molecule has 114 valence electrons. The summed E-state index contributed by atoms with van der Waals surface area (Å²) < 4.78 is 33.4. The fraction of sp³-hybridized carbons (Fsp3) is 0.143. The van der Waals surface area contributed by atoms with Gasteiger partial charge in [0.25, 0.3) is 0 Å². The molecule has 0 radical (unpaired) electrons. The third kappa shape index (κ3) is 2.66. The van der Waals surface area contributed by atoms with E-state index in [1.54, 1.807) is 0 Å². The van der Waals surface area contributed by atoms with Crippen molar-refractivity contribution >= 4 is 21.7 Å². The number of hydrogen-bond acceptors (Lipinski definition) is 7. The van der Waals surface area contributed by atoms with Crippen LogP contribution in [0.1, 0.15) is 20.7 Å². The molecule has 0 fully saturated rings. The minimum absolute atomic E-state index is 0. The van der Waals surface area contributed by atoms with Crippen molar-refractivity contribution in [1.29, 1.82) is 0 Å². The number of Topliss-reactive ketones (excluding diaryl/α,β-unsaturated/α-hetero) is 2. The van der Waals surface area contributed by atoms with Crippen molar-refractivity contribution < 1.29 is 62.3 Å². The quantitative estimate of drug-likeness (QED) is 0.448. The summed E-state index contributed by atoms with van der Waals surface area (Å²) in [5.74, 6) is -6.14. The molecular formula is C14H9NaO7S. The van der Waals surface area contributed by atoms with E-state index in [4.69, 9.17) is 0 Å². The zero-order valence-corrected chi connectivity index (χ0v) is 14.7. The van der Waals surface area contributed by atoms with E-state index in [0.29, 0.717) is 0 Å². The van der Waals surface area contributed by atoms with Crippen molar-refractivity contribution in [2.45, 2.75) is 0 Å². The predicted octanol–water partition coefficient (Wildman–Crippen LogP) is -1.93. The summed E-state index contributed by atoms with van der Waals surface area (Å²) in [6.45, 7) is 0. The summed E-state index contributed by atoms with van der Waals surface area (Å²) in [7, 11) is -5.10. The van der Waals surface area contributed by atoms with E-state index in [1.807, 2.05) is 0 Å². The number of benzene rings is 1. The van der Waals surface area contributed by atoms with Gasteiger partial charge in [0.05, 0.1) is 16.7 Å². The van der Waals surface area contributed by atoms with Gasteiger partial charge in [0, 0.05) is 11.1 Å². The van der Waals surface area contributed by atoms with Crippen molar-refractivity contribution in [2.24, 2.45) is 11.8 Å². The first-order valence-corrected chi connectivity index (χ1v) is 7.62. The molecule has 0 aliphatic heterocycles. The molecule has 0 saturated carbocycles. The molecule has 2 aliphatic rings. The van der Waals surface area contributed by atoms with Crippen LogP contribution in [0.3, 0.4) is 0 Å². The number of fused-ring (bicyclic) bond motifs is 2. The zero-order valence-electron chi connectivity index (χ0n) is 11.9. The molecule has 1 aromatic carbocycles. The van der Waals surface area contributed by atoms with Gasteiger partial charge in [0.2, 0.25) is 0 Å². The van der Waals surface area contributed by atoms with E-state index >= 15 is 0 Å². The molecule has 2 N–H and O–H groups in total. The normalized spacial score (nSPS) is 23.6. The van der Waals surface area contributed by atoms with Gasteiger partial charge in [-0.05, 0) is 0 Å². The summed E-state index contributed by atoms with van der Waals surface area (Å²) in [6.07, 6.45) is 0.734. The molecule has 7 nitrogen and oxygen atoms in total. The largest absolute Gasteiger partial charge is 1.00 e. The van der Waals surface area contributed by atoms with Crippen LogP contribution in [0.4, 0.5) is 0 Å². The van der Waals surface area contributed by atoms with Crippen LogP contribution in [0.25, 0.3) is 0 Å². The Balaban J connectivity index is 0.00000192. The molecule has 9 heteroatoms. The standard InChI is InChI=1S/C14H10O7S.Na/c15-11-6-3-1-2-4-7(6)12(16)10-8(11)5-9(22(19,20)21)13(17)14(10)18;/h1-5,8,10,17-18H,(H,19,20,21);/q;+1/p-1. The Labute approximate surface area is 153 Å². The van der Waals surface area contributed by atoms with Crippen LogP contribution in [-0.4, -0.2) is 34.8 Å². The zero-order chi connectivity index (χ0) is 16.2. The minimum atomic E-state index is -5.10. The van der Waals surface area contributed by atoms with Gasteiger partial charge in [-0.2, -0.15) is 0 Å². The maximum atomic E-state index is 12.4. The van der Waals surface area contributed by atoms with Crippen LogP contribution in [0.5, 0.6) is 0 Å². The van der Waals surface area contributed by atoms with E-state index in [2.05, 4.69) is 0 Å². The van der Waals surface area contributed by atoms with Gasteiger partial charge >= 0.3 is 29.6 Å². The van der Waals surface area contributed by atoms with Crippen LogP contribution < -0.4 is 29.6 Å². The van der Waals surface area contributed by atoms with E-state index in [9.17, 15) is 32.8 Å². The van der Waals surface area contributed by atoms with Gasteiger partial charge in [0.1, 0.15) is 15.9 Å². The summed E-state index contributed by atoms with van der Waals surface area (Å²) in [4.78, 5) is 23.7. The molecule has 0 heterocycles. The number of ketones is 2. The second kappa shape index (κ2) is 5.88. The first-order chi connectivity index (χ1) is 10.2. The van der Waals surface area contributed by atoms with Gasteiger partial charge in [0.15, 0.2) is 17.3 Å². The van der Waals surface area contributed by atoms with Crippen molar-refractivity contribution in [3.05, 3.63) is 57.9 Å². The fourth-order valence-electron chi connectivity index (χ4n) is 2.76. The Morgan fingerprint density at radius 2 is 1.52 bits per heavy atom. The number of aliphatic hydroxyl groups excluding tert-OH is 2. The molecular weight excluding hydrogens is 335 g/mol. The van der Waals surface area contributed by atoms with Gasteiger partial charge in [-0.15, -0.1) is 0 Å². The molecule has 2 unspecified atom stereocenters. The van der Waals surface area contributed by atoms with Gasteiger partial charge in [-0.3, -0.25) is 9.59 Å². The smallest absolute Gasteiger partial charge is 0.744 e.